The Kier molecular flexibility index (Phi) is 5.73. The fourth-order valence-corrected chi connectivity index (χ4v) is 3.07. The highest BCUT2D eigenvalue weighted by molar-refractivity contribution is 6.06. The Hall–Kier alpha value is -3.22. The van der Waals surface area contributed by atoms with E-state index in [1.807, 2.05) is 32.4 Å². The number of carbonyl (C=O) groups is 2. The molecule has 7 nitrogen and oxygen atoms in total. The van der Waals surface area contributed by atoms with E-state index in [0.717, 1.165) is 11.0 Å². The number of amides is 2. The van der Waals surface area contributed by atoms with E-state index in [4.69, 9.17) is 0 Å². The maximum absolute atomic E-state index is 12.7. The Labute approximate surface area is 164 Å². The van der Waals surface area contributed by atoms with Gasteiger partial charge >= 0.3 is 0 Å². The molecule has 3 aromatic rings. The van der Waals surface area contributed by atoms with Crippen LogP contribution in [0.3, 0.4) is 0 Å². The predicted octanol–water partition coefficient (Wildman–Crippen LogP) is 3.75. The quantitative estimate of drug-likeness (QED) is 0.707. The van der Waals surface area contributed by atoms with E-state index < -0.39 is 0 Å². The van der Waals surface area contributed by atoms with E-state index >= 15 is 0 Å². The molecule has 0 radical (unpaired) electrons. The third kappa shape index (κ3) is 3.88. The van der Waals surface area contributed by atoms with Gasteiger partial charge in [-0.05, 0) is 52.0 Å². The molecule has 0 saturated heterocycles. The molecule has 0 saturated carbocycles. The second-order valence-corrected chi connectivity index (χ2v) is 6.83. The standard InChI is InChI=1S/C21H25N5O2/c1-5-25(6-2)21(28)15-8-7-9-18(11-15)24-20(27)17-10-16-13-23-26(14(3)4)19(16)22-12-17/h7-14H,5-6H2,1-4H3,(H,24,27). The van der Waals surface area contributed by atoms with Crippen LogP contribution in [0.4, 0.5) is 5.69 Å². The molecule has 2 amide bonds. The molecule has 146 valence electrons. The average molecular weight is 379 g/mol. The normalized spacial score (nSPS) is 11.0. The predicted molar refractivity (Wildman–Crippen MR) is 110 cm³/mol. The van der Waals surface area contributed by atoms with Crippen LogP contribution in [0.1, 0.15) is 54.5 Å². The number of carbonyl (C=O) groups excluding carboxylic acids is 2. The van der Waals surface area contributed by atoms with E-state index in [9.17, 15) is 9.59 Å². The Bertz CT molecular complexity index is 1000. The first-order chi connectivity index (χ1) is 13.4. The molecule has 2 heterocycles. The lowest BCUT2D eigenvalue weighted by Gasteiger charge is -2.19. The number of nitrogens with zero attached hydrogens (tertiary/aromatic N) is 4. The zero-order valence-corrected chi connectivity index (χ0v) is 16.6. The second kappa shape index (κ2) is 8.21. The molecule has 0 spiro atoms. The van der Waals surface area contributed by atoms with Crippen LogP contribution in [0.15, 0.2) is 42.7 Å². The lowest BCUT2D eigenvalue weighted by Crippen LogP contribution is -2.30. The van der Waals surface area contributed by atoms with Crippen molar-refractivity contribution in [3.05, 3.63) is 53.9 Å². The summed E-state index contributed by atoms with van der Waals surface area (Å²) in [7, 11) is 0. The van der Waals surface area contributed by atoms with Crippen molar-refractivity contribution in [3.8, 4) is 0 Å². The van der Waals surface area contributed by atoms with Crippen LogP contribution < -0.4 is 5.32 Å². The monoisotopic (exact) mass is 379 g/mol. The molecule has 0 unspecified atom stereocenters. The molecule has 1 N–H and O–H groups in total. The van der Waals surface area contributed by atoms with Gasteiger partial charge in [0.25, 0.3) is 11.8 Å². The second-order valence-electron chi connectivity index (χ2n) is 6.83. The zero-order chi connectivity index (χ0) is 20.3. The first-order valence-corrected chi connectivity index (χ1v) is 9.48. The molecule has 0 bridgehead atoms. The summed E-state index contributed by atoms with van der Waals surface area (Å²) in [6.07, 6.45) is 3.26. The fraction of sp³-hybridized carbons (Fsp3) is 0.333. The molecule has 28 heavy (non-hydrogen) atoms. The van der Waals surface area contributed by atoms with Crippen molar-refractivity contribution in [3.63, 3.8) is 0 Å². The third-order valence-corrected chi connectivity index (χ3v) is 4.60. The van der Waals surface area contributed by atoms with Gasteiger partial charge in [-0.2, -0.15) is 5.10 Å². The van der Waals surface area contributed by atoms with Gasteiger partial charge in [0.1, 0.15) is 0 Å². The van der Waals surface area contributed by atoms with Gasteiger partial charge in [-0.15, -0.1) is 0 Å². The van der Waals surface area contributed by atoms with Gasteiger partial charge < -0.3 is 10.2 Å². The van der Waals surface area contributed by atoms with Gasteiger partial charge in [-0.1, -0.05) is 6.07 Å². The Morgan fingerprint density at radius 1 is 1.11 bits per heavy atom. The van der Waals surface area contributed by atoms with Crippen molar-refractivity contribution in [2.45, 2.75) is 33.7 Å². The SMILES string of the molecule is CCN(CC)C(=O)c1cccc(NC(=O)c2cnc3c(cnn3C(C)C)c2)c1. The summed E-state index contributed by atoms with van der Waals surface area (Å²) < 4.78 is 1.82. The Balaban J connectivity index is 1.80. The lowest BCUT2D eigenvalue weighted by atomic mass is 10.1. The molecule has 0 atom stereocenters. The van der Waals surface area contributed by atoms with E-state index in [-0.39, 0.29) is 17.9 Å². The maximum Gasteiger partial charge on any atom is 0.257 e. The maximum atomic E-state index is 12.7. The lowest BCUT2D eigenvalue weighted by molar-refractivity contribution is 0.0772. The molecule has 0 fully saturated rings. The van der Waals surface area contributed by atoms with Gasteiger partial charge in [0.15, 0.2) is 5.65 Å². The van der Waals surface area contributed by atoms with Crippen LogP contribution in [-0.2, 0) is 0 Å². The van der Waals surface area contributed by atoms with Crippen LogP contribution in [0.25, 0.3) is 11.0 Å². The van der Waals surface area contributed by atoms with Gasteiger partial charge in [0, 0.05) is 42.0 Å². The summed E-state index contributed by atoms with van der Waals surface area (Å²) in [6.45, 7) is 9.22. The molecule has 0 aliphatic heterocycles. The van der Waals surface area contributed by atoms with Crippen molar-refractivity contribution in [1.82, 2.24) is 19.7 Å². The van der Waals surface area contributed by atoms with Crippen molar-refractivity contribution < 1.29 is 9.59 Å². The number of pyridine rings is 1. The average Bonchev–Trinajstić information content (AvgIpc) is 3.12. The molecule has 2 aromatic heterocycles. The minimum atomic E-state index is -0.279. The summed E-state index contributed by atoms with van der Waals surface area (Å²) in [4.78, 5) is 31.3. The highest BCUT2D eigenvalue weighted by atomic mass is 16.2. The van der Waals surface area contributed by atoms with Gasteiger partial charge in [-0.25, -0.2) is 9.67 Å². The highest BCUT2D eigenvalue weighted by Crippen LogP contribution is 2.18. The summed E-state index contributed by atoms with van der Waals surface area (Å²) in [5.74, 6) is -0.329. The third-order valence-electron chi connectivity index (χ3n) is 4.60. The number of hydrogen-bond donors (Lipinski definition) is 1. The Morgan fingerprint density at radius 3 is 2.54 bits per heavy atom. The molecule has 7 heteroatoms. The number of hydrogen-bond acceptors (Lipinski definition) is 4. The number of rotatable bonds is 6. The highest BCUT2D eigenvalue weighted by Gasteiger charge is 2.15. The van der Waals surface area contributed by atoms with Crippen LogP contribution in [0.2, 0.25) is 0 Å². The summed E-state index contributed by atoms with van der Waals surface area (Å²) >= 11 is 0. The summed E-state index contributed by atoms with van der Waals surface area (Å²) in [5, 5.41) is 7.98. The zero-order valence-electron chi connectivity index (χ0n) is 16.6. The first-order valence-electron chi connectivity index (χ1n) is 9.48. The van der Waals surface area contributed by atoms with Gasteiger partial charge in [-0.3, -0.25) is 9.59 Å². The van der Waals surface area contributed by atoms with Crippen molar-refractivity contribution in [2.24, 2.45) is 0 Å². The summed E-state index contributed by atoms with van der Waals surface area (Å²) in [6, 6.07) is 8.94. The molecule has 0 aliphatic rings. The van der Waals surface area contributed by atoms with E-state index in [0.29, 0.717) is 29.9 Å². The molecular formula is C21H25N5O2. The smallest absolute Gasteiger partial charge is 0.257 e. The van der Waals surface area contributed by atoms with Crippen molar-refractivity contribution in [1.29, 1.82) is 0 Å². The van der Waals surface area contributed by atoms with E-state index in [1.165, 1.54) is 0 Å². The van der Waals surface area contributed by atoms with Crippen LogP contribution >= 0.6 is 0 Å². The minimum Gasteiger partial charge on any atom is -0.339 e. The number of anilines is 1. The van der Waals surface area contributed by atoms with Crippen molar-refractivity contribution in [2.75, 3.05) is 18.4 Å². The largest absolute Gasteiger partial charge is 0.339 e. The van der Waals surface area contributed by atoms with E-state index in [1.54, 1.807) is 47.6 Å². The Morgan fingerprint density at radius 2 is 1.86 bits per heavy atom. The van der Waals surface area contributed by atoms with E-state index in [2.05, 4.69) is 15.4 Å². The molecular weight excluding hydrogens is 354 g/mol. The molecule has 1 aromatic carbocycles. The number of fused-ring (bicyclic) bond motifs is 1. The minimum absolute atomic E-state index is 0.0507. The summed E-state index contributed by atoms with van der Waals surface area (Å²) in [5.41, 5.74) is 2.31. The van der Waals surface area contributed by atoms with Gasteiger partial charge in [0.05, 0.1) is 11.8 Å². The topological polar surface area (TPSA) is 80.1 Å². The van der Waals surface area contributed by atoms with Crippen molar-refractivity contribution >= 4 is 28.5 Å². The number of aromatic nitrogens is 3. The number of benzene rings is 1. The fourth-order valence-electron chi connectivity index (χ4n) is 3.07. The van der Waals surface area contributed by atoms with Crippen LogP contribution in [0, 0.1) is 0 Å². The van der Waals surface area contributed by atoms with Gasteiger partial charge in [0.2, 0.25) is 0 Å². The molecule has 3 rings (SSSR count). The first kappa shape index (κ1) is 19.5. The molecule has 0 aliphatic carbocycles. The van der Waals surface area contributed by atoms with Crippen LogP contribution in [-0.4, -0.2) is 44.6 Å². The number of nitrogens with one attached hydrogen (secondary N) is 1. The van der Waals surface area contributed by atoms with Crippen LogP contribution in [0.5, 0.6) is 0 Å².